The minimum absolute atomic E-state index is 0.0134. The van der Waals surface area contributed by atoms with E-state index in [-0.39, 0.29) is 17.7 Å². The summed E-state index contributed by atoms with van der Waals surface area (Å²) in [6.45, 7) is 0. The van der Waals surface area contributed by atoms with Crippen molar-refractivity contribution in [1.82, 2.24) is 4.57 Å². The molecule has 2 atom stereocenters. The van der Waals surface area contributed by atoms with E-state index >= 15 is 0 Å². The topological polar surface area (TPSA) is 68.5 Å². The number of ether oxygens (including phenoxy) is 1. The third-order valence-corrected chi connectivity index (χ3v) is 3.53. The fourth-order valence-corrected chi connectivity index (χ4v) is 2.60. The number of carboxylic acids is 1. The van der Waals surface area contributed by atoms with Gasteiger partial charge in [-0.15, -0.1) is 0 Å². The van der Waals surface area contributed by atoms with Crippen molar-refractivity contribution < 1.29 is 14.6 Å². The molecule has 1 aromatic rings. The van der Waals surface area contributed by atoms with Crippen LogP contribution in [-0.4, -0.2) is 28.9 Å². The van der Waals surface area contributed by atoms with Gasteiger partial charge in [-0.2, -0.15) is 0 Å². The summed E-state index contributed by atoms with van der Waals surface area (Å²) < 4.78 is 6.92. The summed E-state index contributed by atoms with van der Waals surface area (Å²) in [6, 6.07) is 2.88. The van der Waals surface area contributed by atoms with Crippen LogP contribution in [0, 0.1) is 0 Å². The number of carbonyl (C=O) groups is 1. The first-order valence-corrected chi connectivity index (χ1v) is 6.12. The van der Waals surface area contributed by atoms with Crippen molar-refractivity contribution in [2.75, 3.05) is 7.11 Å². The first-order chi connectivity index (χ1) is 8.65. The SMILES string of the molecule is CO[C@H]1CCCC[C@H]1n1cccc(C(=O)O)c1=O. The zero-order chi connectivity index (χ0) is 13.1. The molecule has 0 aromatic carbocycles. The molecule has 0 spiro atoms. The molecule has 1 heterocycles. The van der Waals surface area contributed by atoms with E-state index in [9.17, 15) is 9.59 Å². The zero-order valence-electron chi connectivity index (χ0n) is 10.3. The third kappa shape index (κ3) is 2.31. The molecule has 0 saturated heterocycles. The second kappa shape index (κ2) is 5.35. The Balaban J connectivity index is 2.41. The van der Waals surface area contributed by atoms with E-state index in [1.807, 2.05) is 0 Å². The van der Waals surface area contributed by atoms with E-state index in [0.29, 0.717) is 0 Å². The lowest BCUT2D eigenvalue weighted by Gasteiger charge is -2.31. The molecule has 1 fully saturated rings. The normalized spacial score (nSPS) is 23.8. The molecule has 0 bridgehead atoms. The molecule has 0 unspecified atom stereocenters. The Morgan fingerprint density at radius 1 is 1.44 bits per heavy atom. The second-order valence-electron chi connectivity index (χ2n) is 4.57. The standard InChI is InChI=1S/C13H17NO4/c1-18-11-7-3-2-6-10(11)14-8-4-5-9(12(14)15)13(16)17/h4-5,8,10-11H,2-3,6-7H2,1H3,(H,16,17)/t10-,11+/m1/s1. The van der Waals surface area contributed by atoms with Crippen LogP contribution < -0.4 is 5.56 Å². The summed E-state index contributed by atoms with van der Waals surface area (Å²) in [4.78, 5) is 23.1. The average Bonchev–Trinajstić information content (AvgIpc) is 2.38. The highest BCUT2D eigenvalue weighted by Crippen LogP contribution is 2.29. The number of carboxylic acid groups (broad SMARTS) is 1. The van der Waals surface area contributed by atoms with E-state index in [4.69, 9.17) is 9.84 Å². The fourth-order valence-electron chi connectivity index (χ4n) is 2.60. The van der Waals surface area contributed by atoms with Gasteiger partial charge in [0.05, 0.1) is 12.1 Å². The number of pyridine rings is 1. The van der Waals surface area contributed by atoms with Crippen molar-refractivity contribution in [2.24, 2.45) is 0 Å². The molecule has 5 heteroatoms. The number of hydrogen-bond acceptors (Lipinski definition) is 3. The Hall–Kier alpha value is -1.62. The van der Waals surface area contributed by atoms with Crippen molar-refractivity contribution in [3.8, 4) is 0 Å². The molecule has 98 valence electrons. The molecule has 18 heavy (non-hydrogen) atoms. The van der Waals surface area contributed by atoms with Crippen LogP contribution in [0.2, 0.25) is 0 Å². The molecule has 0 aliphatic heterocycles. The van der Waals surface area contributed by atoms with Crippen molar-refractivity contribution in [1.29, 1.82) is 0 Å². The van der Waals surface area contributed by atoms with Crippen LogP contribution >= 0.6 is 0 Å². The van der Waals surface area contributed by atoms with Gasteiger partial charge in [0, 0.05) is 13.3 Å². The second-order valence-corrected chi connectivity index (χ2v) is 4.57. The van der Waals surface area contributed by atoms with Crippen molar-refractivity contribution in [3.63, 3.8) is 0 Å². The highest BCUT2D eigenvalue weighted by atomic mass is 16.5. The number of hydrogen-bond donors (Lipinski definition) is 1. The molecule has 0 amide bonds. The molecule has 2 rings (SSSR count). The number of aromatic nitrogens is 1. The molecule has 1 aliphatic rings. The monoisotopic (exact) mass is 251 g/mol. The lowest BCUT2D eigenvalue weighted by atomic mass is 9.92. The maximum Gasteiger partial charge on any atom is 0.341 e. The van der Waals surface area contributed by atoms with Gasteiger partial charge in [0.2, 0.25) is 0 Å². The van der Waals surface area contributed by atoms with Crippen LogP contribution in [0.1, 0.15) is 42.1 Å². The van der Waals surface area contributed by atoms with Gasteiger partial charge in [-0.3, -0.25) is 4.79 Å². The van der Waals surface area contributed by atoms with Gasteiger partial charge < -0.3 is 14.4 Å². The van der Waals surface area contributed by atoms with Crippen molar-refractivity contribution in [2.45, 2.75) is 37.8 Å². The van der Waals surface area contributed by atoms with Crippen LogP contribution in [0.15, 0.2) is 23.1 Å². The summed E-state index contributed by atoms with van der Waals surface area (Å²) in [6.07, 6.45) is 5.51. The predicted octanol–water partition coefficient (Wildman–Crippen LogP) is 1.68. The lowest BCUT2D eigenvalue weighted by molar-refractivity contribution is 0.0275. The van der Waals surface area contributed by atoms with Gasteiger partial charge in [0.1, 0.15) is 5.56 Å². The van der Waals surface area contributed by atoms with E-state index in [1.165, 1.54) is 10.6 Å². The van der Waals surface area contributed by atoms with E-state index < -0.39 is 11.5 Å². The molecule has 0 radical (unpaired) electrons. The molecule has 1 saturated carbocycles. The summed E-state index contributed by atoms with van der Waals surface area (Å²) in [5, 5.41) is 8.97. The minimum atomic E-state index is -1.18. The number of rotatable bonds is 3. The Morgan fingerprint density at radius 3 is 2.83 bits per heavy atom. The van der Waals surface area contributed by atoms with Crippen molar-refractivity contribution in [3.05, 3.63) is 34.2 Å². The van der Waals surface area contributed by atoms with Gasteiger partial charge >= 0.3 is 5.97 Å². The van der Waals surface area contributed by atoms with Crippen LogP contribution in [0.3, 0.4) is 0 Å². The van der Waals surface area contributed by atoms with E-state index in [0.717, 1.165) is 25.7 Å². The lowest BCUT2D eigenvalue weighted by Crippen LogP contribution is -2.37. The van der Waals surface area contributed by atoms with Crippen LogP contribution in [-0.2, 0) is 4.74 Å². The van der Waals surface area contributed by atoms with E-state index in [1.54, 1.807) is 19.4 Å². The van der Waals surface area contributed by atoms with Gasteiger partial charge in [-0.25, -0.2) is 4.79 Å². The van der Waals surface area contributed by atoms with Gasteiger partial charge in [0.25, 0.3) is 5.56 Å². The smallest absolute Gasteiger partial charge is 0.341 e. The molecular formula is C13H17NO4. The highest BCUT2D eigenvalue weighted by molar-refractivity contribution is 5.86. The minimum Gasteiger partial charge on any atom is -0.477 e. The maximum atomic E-state index is 12.1. The average molecular weight is 251 g/mol. The van der Waals surface area contributed by atoms with Crippen molar-refractivity contribution >= 4 is 5.97 Å². The maximum absolute atomic E-state index is 12.1. The zero-order valence-corrected chi connectivity index (χ0v) is 10.3. The summed E-state index contributed by atoms with van der Waals surface area (Å²) in [7, 11) is 1.63. The van der Waals surface area contributed by atoms with Crippen LogP contribution in [0.4, 0.5) is 0 Å². The molecule has 5 nitrogen and oxygen atoms in total. The first-order valence-electron chi connectivity index (χ1n) is 6.12. The van der Waals surface area contributed by atoms with Crippen LogP contribution in [0.25, 0.3) is 0 Å². The summed E-state index contributed by atoms with van der Waals surface area (Å²) >= 11 is 0. The van der Waals surface area contributed by atoms with Gasteiger partial charge in [-0.05, 0) is 25.0 Å². The largest absolute Gasteiger partial charge is 0.477 e. The highest BCUT2D eigenvalue weighted by Gasteiger charge is 2.27. The Morgan fingerprint density at radius 2 is 2.17 bits per heavy atom. The Bertz CT molecular complexity index is 494. The van der Waals surface area contributed by atoms with Crippen LogP contribution in [0.5, 0.6) is 0 Å². The van der Waals surface area contributed by atoms with Gasteiger partial charge in [0.15, 0.2) is 0 Å². The quantitative estimate of drug-likeness (QED) is 0.887. The predicted molar refractivity (Wildman–Crippen MR) is 66.0 cm³/mol. The number of methoxy groups -OCH3 is 1. The Kier molecular flexibility index (Phi) is 3.81. The molecule has 1 aromatic heterocycles. The number of aromatic carboxylic acids is 1. The fraction of sp³-hybridized carbons (Fsp3) is 0.538. The molecular weight excluding hydrogens is 234 g/mol. The summed E-state index contributed by atoms with van der Waals surface area (Å²) in [5.41, 5.74) is -0.628. The summed E-state index contributed by atoms with van der Waals surface area (Å²) in [5.74, 6) is -1.18. The molecule has 1 aliphatic carbocycles. The first kappa shape index (κ1) is 12.8. The molecule has 1 N–H and O–H groups in total. The van der Waals surface area contributed by atoms with E-state index in [2.05, 4.69) is 0 Å². The van der Waals surface area contributed by atoms with Gasteiger partial charge in [-0.1, -0.05) is 12.8 Å². The third-order valence-electron chi connectivity index (χ3n) is 3.53. The number of nitrogens with zero attached hydrogens (tertiary/aromatic N) is 1. The Labute approximate surface area is 105 Å².